The Morgan fingerprint density at radius 3 is 2.14 bits per heavy atom. The number of phenols is 1. The highest BCUT2D eigenvalue weighted by Gasteiger charge is 2.30. The van der Waals surface area contributed by atoms with E-state index >= 15 is 0 Å². The minimum Gasteiger partial charge on any atom is -0.508 e. The summed E-state index contributed by atoms with van der Waals surface area (Å²) in [6, 6.07) is 11.3. The molecule has 1 atom stereocenters. The summed E-state index contributed by atoms with van der Waals surface area (Å²) >= 11 is 0. The maximum Gasteiger partial charge on any atom is 0.416 e. The standard InChI is InChI=1S/C16H15F3O2/c17-16(18,19)13-3-1-2-12(8-13)10-15(21)9-11-4-6-14(20)7-5-11/h1-8,15,20-21H,9-10H2. The number of phenolic OH excluding ortho intramolecular Hbond substituents is 1. The van der Waals surface area contributed by atoms with Crippen LogP contribution in [0.4, 0.5) is 13.2 Å². The van der Waals surface area contributed by atoms with E-state index in [-0.39, 0.29) is 12.2 Å². The molecule has 0 amide bonds. The van der Waals surface area contributed by atoms with Gasteiger partial charge >= 0.3 is 6.18 Å². The molecule has 0 aliphatic carbocycles. The lowest BCUT2D eigenvalue weighted by atomic mass is 10.00. The minimum atomic E-state index is -4.38. The van der Waals surface area contributed by atoms with Gasteiger partial charge in [-0.2, -0.15) is 13.2 Å². The average molecular weight is 296 g/mol. The summed E-state index contributed by atoms with van der Waals surface area (Å²) in [5.41, 5.74) is 0.542. The molecule has 0 spiro atoms. The van der Waals surface area contributed by atoms with E-state index in [1.165, 1.54) is 18.2 Å². The molecule has 0 radical (unpaired) electrons. The molecule has 2 aromatic rings. The topological polar surface area (TPSA) is 40.5 Å². The quantitative estimate of drug-likeness (QED) is 0.905. The molecule has 0 aromatic heterocycles. The molecule has 0 heterocycles. The van der Waals surface area contributed by atoms with Crippen LogP contribution < -0.4 is 0 Å². The number of aliphatic hydroxyl groups excluding tert-OH is 1. The van der Waals surface area contributed by atoms with Crippen molar-refractivity contribution in [1.29, 1.82) is 0 Å². The second-order valence-corrected chi connectivity index (χ2v) is 4.93. The van der Waals surface area contributed by atoms with Crippen LogP contribution in [0.15, 0.2) is 48.5 Å². The van der Waals surface area contributed by atoms with Crippen molar-refractivity contribution in [1.82, 2.24) is 0 Å². The van der Waals surface area contributed by atoms with Crippen molar-refractivity contribution in [2.24, 2.45) is 0 Å². The van der Waals surface area contributed by atoms with Crippen molar-refractivity contribution in [2.75, 3.05) is 0 Å². The molecule has 2 rings (SSSR count). The summed E-state index contributed by atoms with van der Waals surface area (Å²) in [4.78, 5) is 0. The van der Waals surface area contributed by atoms with Gasteiger partial charge < -0.3 is 10.2 Å². The van der Waals surface area contributed by atoms with Crippen LogP contribution in [0.2, 0.25) is 0 Å². The van der Waals surface area contributed by atoms with E-state index in [1.54, 1.807) is 18.2 Å². The maximum absolute atomic E-state index is 12.6. The number of hydrogen-bond donors (Lipinski definition) is 2. The summed E-state index contributed by atoms with van der Waals surface area (Å²) in [6.07, 6.45) is -4.70. The predicted molar refractivity (Wildman–Crippen MR) is 73.0 cm³/mol. The summed E-state index contributed by atoms with van der Waals surface area (Å²) in [5, 5.41) is 19.1. The molecular weight excluding hydrogens is 281 g/mol. The van der Waals surface area contributed by atoms with Crippen LogP contribution >= 0.6 is 0 Å². The second-order valence-electron chi connectivity index (χ2n) is 4.93. The van der Waals surface area contributed by atoms with Gasteiger partial charge in [0, 0.05) is 0 Å². The average Bonchev–Trinajstić information content (AvgIpc) is 2.41. The van der Waals surface area contributed by atoms with E-state index in [0.29, 0.717) is 12.0 Å². The minimum absolute atomic E-state index is 0.131. The molecule has 0 saturated heterocycles. The Morgan fingerprint density at radius 2 is 1.52 bits per heavy atom. The monoisotopic (exact) mass is 296 g/mol. The van der Waals surface area contributed by atoms with Crippen LogP contribution in [0.1, 0.15) is 16.7 Å². The van der Waals surface area contributed by atoms with Gasteiger partial charge in [0.2, 0.25) is 0 Å². The van der Waals surface area contributed by atoms with Gasteiger partial charge in [-0.05, 0) is 42.2 Å². The summed E-state index contributed by atoms with van der Waals surface area (Å²) < 4.78 is 37.8. The molecule has 1 unspecified atom stereocenters. The summed E-state index contributed by atoms with van der Waals surface area (Å²) in [7, 11) is 0. The largest absolute Gasteiger partial charge is 0.508 e. The third kappa shape index (κ3) is 4.49. The zero-order chi connectivity index (χ0) is 15.5. The molecule has 112 valence electrons. The number of aliphatic hydroxyl groups is 1. The van der Waals surface area contributed by atoms with Crippen LogP contribution in [0.5, 0.6) is 5.75 Å². The lowest BCUT2D eigenvalue weighted by molar-refractivity contribution is -0.137. The molecule has 0 aliphatic heterocycles. The van der Waals surface area contributed by atoms with E-state index in [9.17, 15) is 18.3 Å². The van der Waals surface area contributed by atoms with Gasteiger partial charge in [0.25, 0.3) is 0 Å². The third-order valence-electron chi connectivity index (χ3n) is 3.13. The Bertz CT molecular complexity index is 591. The van der Waals surface area contributed by atoms with Crippen molar-refractivity contribution < 1.29 is 23.4 Å². The molecule has 21 heavy (non-hydrogen) atoms. The lowest BCUT2D eigenvalue weighted by Crippen LogP contribution is -2.14. The fourth-order valence-electron chi connectivity index (χ4n) is 2.12. The number of halogens is 3. The van der Waals surface area contributed by atoms with Crippen molar-refractivity contribution >= 4 is 0 Å². The highest BCUT2D eigenvalue weighted by atomic mass is 19.4. The molecule has 2 aromatic carbocycles. The maximum atomic E-state index is 12.6. The van der Waals surface area contributed by atoms with Gasteiger partial charge in [-0.25, -0.2) is 0 Å². The zero-order valence-electron chi connectivity index (χ0n) is 11.1. The van der Waals surface area contributed by atoms with Crippen molar-refractivity contribution in [3.63, 3.8) is 0 Å². The lowest BCUT2D eigenvalue weighted by Gasteiger charge is -2.13. The third-order valence-corrected chi connectivity index (χ3v) is 3.13. The first-order valence-electron chi connectivity index (χ1n) is 6.47. The molecule has 2 N–H and O–H groups in total. The Morgan fingerprint density at radius 1 is 0.905 bits per heavy atom. The predicted octanol–water partition coefficient (Wildman–Crippen LogP) is 3.56. The van der Waals surface area contributed by atoms with E-state index < -0.39 is 17.8 Å². The van der Waals surface area contributed by atoms with Gasteiger partial charge in [0.1, 0.15) is 5.75 Å². The van der Waals surface area contributed by atoms with Crippen LogP contribution in [0, 0.1) is 0 Å². The van der Waals surface area contributed by atoms with Gasteiger partial charge in [-0.1, -0.05) is 30.3 Å². The summed E-state index contributed by atoms with van der Waals surface area (Å²) in [6.45, 7) is 0. The number of alkyl halides is 3. The Labute approximate surface area is 120 Å². The molecule has 5 heteroatoms. The first kappa shape index (κ1) is 15.4. The second kappa shape index (κ2) is 6.18. The first-order chi connectivity index (χ1) is 9.84. The van der Waals surface area contributed by atoms with Gasteiger partial charge in [0.15, 0.2) is 0 Å². The van der Waals surface area contributed by atoms with Gasteiger partial charge in [-0.3, -0.25) is 0 Å². The highest BCUT2D eigenvalue weighted by Crippen LogP contribution is 2.29. The Hall–Kier alpha value is -2.01. The molecule has 0 saturated carbocycles. The Kier molecular flexibility index (Phi) is 4.53. The zero-order valence-corrected chi connectivity index (χ0v) is 11.1. The van der Waals surface area contributed by atoms with Crippen LogP contribution in [-0.4, -0.2) is 16.3 Å². The van der Waals surface area contributed by atoms with Gasteiger partial charge in [0.05, 0.1) is 11.7 Å². The fourth-order valence-corrected chi connectivity index (χ4v) is 2.12. The SMILES string of the molecule is Oc1ccc(CC(O)Cc2cccc(C(F)(F)F)c2)cc1. The van der Waals surface area contributed by atoms with Crippen LogP contribution in [0.3, 0.4) is 0 Å². The van der Waals surface area contributed by atoms with Crippen molar-refractivity contribution in [3.8, 4) is 5.75 Å². The van der Waals surface area contributed by atoms with Crippen molar-refractivity contribution in [2.45, 2.75) is 25.1 Å². The van der Waals surface area contributed by atoms with E-state index in [1.807, 2.05) is 0 Å². The van der Waals surface area contributed by atoms with E-state index in [4.69, 9.17) is 5.11 Å². The van der Waals surface area contributed by atoms with Gasteiger partial charge in [-0.15, -0.1) is 0 Å². The molecule has 0 fully saturated rings. The van der Waals surface area contributed by atoms with E-state index in [2.05, 4.69) is 0 Å². The fraction of sp³-hybridized carbons (Fsp3) is 0.250. The van der Waals surface area contributed by atoms with Crippen molar-refractivity contribution in [3.05, 3.63) is 65.2 Å². The normalized spacial score (nSPS) is 13.1. The number of rotatable bonds is 4. The van der Waals surface area contributed by atoms with Crippen LogP contribution in [-0.2, 0) is 19.0 Å². The first-order valence-corrected chi connectivity index (χ1v) is 6.47. The van der Waals surface area contributed by atoms with E-state index in [0.717, 1.165) is 17.7 Å². The molecule has 2 nitrogen and oxygen atoms in total. The molecular formula is C16H15F3O2. The molecule has 0 bridgehead atoms. The number of benzene rings is 2. The number of hydrogen-bond acceptors (Lipinski definition) is 2. The smallest absolute Gasteiger partial charge is 0.416 e. The highest BCUT2D eigenvalue weighted by molar-refractivity contribution is 5.28. The summed E-state index contributed by atoms with van der Waals surface area (Å²) in [5.74, 6) is 0.131. The van der Waals surface area contributed by atoms with Crippen LogP contribution in [0.25, 0.3) is 0 Å². The number of aromatic hydroxyl groups is 1. The molecule has 0 aliphatic rings. The Balaban J connectivity index is 2.02.